The molecule has 0 aliphatic heterocycles. The molecule has 13 heavy (non-hydrogen) atoms. The van der Waals surface area contributed by atoms with E-state index in [0.717, 1.165) is 12.8 Å². The maximum Gasteiger partial charge on any atom is 0.0462 e. The SMILES string of the molecule is CC[C@H](CO)Cc1ccccc1.S. The molecule has 0 fully saturated rings. The topological polar surface area (TPSA) is 20.2 Å². The van der Waals surface area contributed by atoms with Gasteiger partial charge in [0.25, 0.3) is 0 Å². The summed E-state index contributed by atoms with van der Waals surface area (Å²) in [6, 6.07) is 10.3. The lowest BCUT2D eigenvalue weighted by molar-refractivity contribution is 0.222. The molecule has 0 saturated heterocycles. The summed E-state index contributed by atoms with van der Waals surface area (Å²) in [5.74, 6) is 0.424. The molecule has 74 valence electrons. The fourth-order valence-corrected chi connectivity index (χ4v) is 1.29. The molecular formula is C11H18OS. The fraction of sp³-hybridized carbons (Fsp3) is 0.455. The number of hydrogen-bond acceptors (Lipinski definition) is 1. The van der Waals surface area contributed by atoms with Crippen LogP contribution in [0, 0.1) is 5.92 Å². The zero-order valence-electron chi connectivity index (χ0n) is 8.03. The summed E-state index contributed by atoms with van der Waals surface area (Å²) in [4.78, 5) is 0. The zero-order valence-corrected chi connectivity index (χ0v) is 9.03. The van der Waals surface area contributed by atoms with Crippen LogP contribution in [0.2, 0.25) is 0 Å². The van der Waals surface area contributed by atoms with Crippen LogP contribution in [0.5, 0.6) is 0 Å². The molecule has 1 nitrogen and oxygen atoms in total. The Hall–Kier alpha value is -0.470. The van der Waals surface area contributed by atoms with Crippen molar-refractivity contribution in [2.75, 3.05) is 6.61 Å². The van der Waals surface area contributed by atoms with Crippen molar-refractivity contribution < 1.29 is 5.11 Å². The first-order chi connectivity index (χ1) is 5.86. The Morgan fingerprint density at radius 3 is 2.31 bits per heavy atom. The van der Waals surface area contributed by atoms with E-state index in [1.807, 2.05) is 18.2 Å². The average Bonchev–Trinajstić information content (AvgIpc) is 2.16. The molecule has 0 unspecified atom stereocenters. The van der Waals surface area contributed by atoms with Crippen LogP contribution in [-0.4, -0.2) is 11.7 Å². The minimum atomic E-state index is 0. The van der Waals surface area contributed by atoms with Gasteiger partial charge in [0.05, 0.1) is 0 Å². The summed E-state index contributed by atoms with van der Waals surface area (Å²) < 4.78 is 0. The minimum absolute atomic E-state index is 0. The lowest BCUT2D eigenvalue weighted by atomic mass is 9.98. The molecule has 1 N–H and O–H groups in total. The van der Waals surface area contributed by atoms with Crippen molar-refractivity contribution in [1.29, 1.82) is 0 Å². The molecule has 1 rings (SSSR count). The highest BCUT2D eigenvalue weighted by atomic mass is 32.1. The first kappa shape index (κ1) is 12.5. The van der Waals surface area contributed by atoms with Gasteiger partial charge in [-0.2, -0.15) is 13.5 Å². The summed E-state index contributed by atoms with van der Waals surface area (Å²) >= 11 is 0. The summed E-state index contributed by atoms with van der Waals surface area (Å²) in [6.45, 7) is 2.41. The van der Waals surface area contributed by atoms with Gasteiger partial charge in [0.1, 0.15) is 0 Å². The molecule has 0 heterocycles. The first-order valence-electron chi connectivity index (χ1n) is 4.51. The van der Waals surface area contributed by atoms with Gasteiger partial charge in [-0.3, -0.25) is 0 Å². The Balaban J connectivity index is 0.00000144. The van der Waals surface area contributed by atoms with Crippen LogP contribution in [0.3, 0.4) is 0 Å². The molecule has 0 aromatic heterocycles. The van der Waals surface area contributed by atoms with E-state index in [9.17, 15) is 0 Å². The highest BCUT2D eigenvalue weighted by molar-refractivity contribution is 7.59. The van der Waals surface area contributed by atoms with Gasteiger partial charge in [-0.05, 0) is 17.9 Å². The molecule has 2 heteroatoms. The van der Waals surface area contributed by atoms with Gasteiger partial charge in [0.2, 0.25) is 0 Å². The van der Waals surface area contributed by atoms with Crippen LogP contribution in [0.1, 0.15) is 18.9 Å². The highest BCUT2D eigenvalue weighted by Crippen LogP contribution is 2.10. The third-order valence-corrected chi connectivity index (χ3v) is 2.20. The molecule has 1 aromatic rings. The Kier molecular flexibility index (Phi) is 6.73. The molecule has 1 aromatic carbocycles. The largest absolute Gasteiger partial charge is 0.396 e. The number of hydrogen-bond donors (Lipinski definition) is 1. The van der Waals surface area contributed by atoms with Crippen molar-refractivity contribution in [3.63, 3.8) is 0 Å². The van der Waals surface area contributed by atoms with Gasteiger partial charge in [-0.25, -0.2) is 0 Å². The Morgan fingerprint density at radius 2 is 1.85 bits per heavy atom. The number of aliphatic hydroxyl groups is 1. The third-order valence-electron chi connectivity index (χ3n) is 2.20. The lowest BCUT2D eigenvalue weighted by Crippen LogP contribution is -2.07. The number of benzene rings is 1. The van der Waals surface area contributed by atoms with Crippen molar-refractivity contribution in [2.45, 2.75) is 19.8 Å². The van der Waals surface area contributed by atoms with E-state index in [-0.39, 0.29) is 13.5 Å². The van der Waals surface area contributed by atoms with E-state index >= 15 is 0 Å². The quantitative estimate of drug-likeness (QED) is 0.787. The van der Waals surface area contributed by atoms with Crippen LogP contribution < -0.4 is 0 Å². The Labute approximate surface area is 87.2 Å². The molecule has 0 spiro atoms. The van der Waals surface area contributed by atoms with Gasteiger partial charge in [0.15, 0.2) is 0 Å². The van der Waals surface area contributed by atoms with Gasteiger partial charge in [-0.15, -0.1) is 0 Å². The van der Waals surface area contributed by atoms with Crippen molar-refractivity contribution in [3.05, 3.63) is 35.9 Å². The second kappa shape index (κ2) is 6.98. The first-order valence-corrected chi connectivity index (χ1v) is 4.51. The summed E-state index contributed by atoms with van der Waals surface area (Å²) in [5, 5.41) is 8.99. The fourth-order valence-electron chi connectivity index (χ4n) is 1.29. The molecule has 0 saturated carbocycles. The maximum absolute atomic E-state index is 8.99. The number of aliphatic hydroxyl groups excluding tert-OH is 1. The molecule has 0 aliphatic rings. The zero-order chi connectivity index (χ0) is 8.81. The van der Waals surface area contributed by atoms with E-state index in [4.69, 9.17) is 5.11 Å². The average molecular weight is 198 g/mol. The Morgan fingerprint density at radius 1 is 1.23 bits per heavy atom. The molecule has 0 radical (unpaired) electrons. The van der Waals surface area contributed by atoms with E-state index in [2.05, 4.69) is 19.1 Å². The standard InChI is InChI=1S/C11H16O.H2S/c1-2-10(9-12)8-11-6-4-3-5-7-11;/h3-7,10,12H,2,8-9H2,1H3;1H2/t10-;/m0./s1. The van der Waals surface area contributed by atoms with Crippen LogP contribution in [0.15, 0.2) is 30.3 Å². The normalized spacial score (nSPS) is 11.8. The molecule has 0 amide bonds. The lowest BCUT2D eigenvalue weighted by Gasteiger charge is -2.10. The molecule has 0 aliphatic carbocycles. The van der Waals surface area contributed by atoms with Crippen molar-refractivity contribution in [1.82, 2.24) is 0 Å². The smallest absolute Gasteiger partial charge is 0.0462 e. The van der Waals surface area contributed by atoms with Crippen LogP contribution in [0.4, 0.5) is 0 Å². The van der Waals surface area contributed by atoms with Gasteiger partial charge in [-0.1, -0.05) is 43.7 Å². The maximum atomic E-state index is 8.99. The van der Waals surface area contributed by atoms with E-state index in [1.54, 1.807) is 0 Å². The predicted molar refractivity (Wildman–Crippen MR) is 61.4 cm³/mol. The van der Waals surface area contributed by atoms with E-state index in [1.165, 1.54) is 5.56 Å². The van der Waals surface area contributed by atoms with Gasteiger partial charge >= 0.3 is 0 Å². The van der Waals surface area contributed by atoms with Crippen LogP contribution >= 0.6 is 13.5 Å². The molecule has 0 bridgehead atoms. The summed E-state index contributed by atoms with van der Waals surface area (Å²) in [6.07, 6.45) is 2.04. The van der Waals surface area contributed by atoms with E-state index in [0.29, 0.717) is 12.5 Å². The van der Waals surface area contributed by atoms with Crippen molar-refractivity contribution in [3.8, 4) is 0 Å². The van der Waals surface area contributed by atoms with Crippen LogP contribution in [-0.2, 0) is 6.42 Å². The third kappa shape index (κ3) is 4.34. The highest BCUT2D eigenvalue weighted by Gasteiger charge is 2.04. The number of rotatable bonds is 4. The monoisotopic (exact) mass is 198 g/mol. The second-order valence-electron chi connectivity index (χ2n) is 3.15. The second-order valence-corrected chi connectivity index (χ2v) is 3.15. The Bertz CT molecular complexity index is 207. The predicted octanol–water partition coefficient (Wildman–Crippen LogP) is 2.36. The minimum Gasteiger partial charge on any atom is -0.396 e. The molecule has 1 atom stereocenters. The van der Waals surface area contributed by atoms with Gasteiger partial charge in [0, 0.05) is 6.61 Å². The van der Waals surface area contributed by atoms with Crippen LogP contribution in [0.25, 0.3) is 0 Å². The van der Waals surface area contributed by atoms with E-state index < -0.39 is 0 Å². The molecular weight excluding hydrogens is 180 g/mol. The summed E-state index contributed by atoms with van der Waals surface area (Å²) in [5.41, 5.74) is 1.32. The summed E-state index contributed by atoms with van der Waals surface area (Å²) in [7, 11) is 0. The van der Waals surface area contributed by atoms with Gasteiger partial charge < -0.3 is 5.11 Å². The van der Waals surface area contributed by atoms with Crippen molar-refractivity contribution in [2.24, 2.45) is 5.92 Å². The van der Waals surface area contributed by atoms with Crippen molar-refractivity contribution >= 4 is 13.5 Å².